The quantitative estimate of drug-likeness (QED) is 0.347. The van der Waals surface area contributed by atoms with Gasteiger partial charge in [-0.3, -0.25) is 4.90 Å². The molecule has 1 unspecified atom stereocenters. The Labute approximate surface area is 195 Å². The first-order chi connectivity index (χ1) is 16.0. The third kappa shape index (κ3) is 5.72. The van der Waals surface area contributed by atoms with Crippen LogP contribution in [0.1, 0.15) is 30.2 Å². The molecule has 4 aromatic rings. The van der Waals surface area contributed by atoms with Crippen LogP contribution in [0.25, 0.3) is 11.3 Å². The Morgan fingerprint density at radius 2 is 1.88 bits per heavy atom. The van der Waals surface area contributed by atoms with Gasteiger partial charge < -0.3 is 14.3 Å². The summed E-state index contributed by atoms with van der Waals surface area (Å²) in [5, 5.41) is 15.3. The molecule has 4 rings (SSSR count). The van der Waals surface area contributed by atoms with E-state index in [1.807, 2.05) is 75.5 Å². The molecule has 0 aliphatic rings. The van der Waals surface area contributed by atoms with Gasteiger partial charge >= 0.3 is 0 Å². The first-order valence-corrected chi connectivity index (χ1v) is 11.3. The van der Waals surface area contributed by atoms with Crippen molar-refractivity contribution in [2.45, 2.75) is 39.5 Å². The number of ether oxygens (including phenoxy) is 1. The van der Waals surface area contributed by atoms with Gasteiger partial charge in [0.25, 0.3) is 0 Å². The number of hydrogen-bond donors (Lipinski definition) is 1. The summed E-state index contributed by atoms with van der Waals surface area (Å²) in [5.74, 6) is 2.31. The van der Waals surface area contributed by atoms with E-state index in [0.717, 1.165) is 33.9 Å². The molecule has 1 N–H and O–H groups in total. The van der Waals surface area contributed by atoms with E-state index in [1.54, 1.807) is 10.9 Å². The average Bonchev–Trinajstić information content (AvgIpc) is 3.43. The number of benzene rings is 2. The number of aryl methyl sites for hydroxylation is 2. The molecule has 0 bridgehead atoms. The van der Waals surface area contributed by atoms with Gasteiger partial charge in [-0.05, 0) is 43.2 Å². The lowest BCUT2D eigenvalue weighted by atomic mass is 10.1. The highest BCUT2D eigenvalue weighted by Crippen LogP contribution is 2.34. The largest absolute Gasteiger partial charge is 0.468 e. The van der Waals surface area contributed by atoms with Crippen molar-refractivity contribution >= 4 is 0 Å². The molecule has 0 fully saturated rings. The highest BCUT2D eigenvalue weighted by molar-refractivity contribution is 5.65. The number of nitrogens with zero attached hydrogens (tertiary/aromatic N) is 3. The molecule has 33 heavy (non-hydrogen) atoms. The zero-order chi connectivity index (χ0) is 23.2. The lowest BCUT2D eigenvalue weighted by Crippen LogP contribution is -2.31. The van der Waals surface area contributed by atoms with Crippen LogP contribution in [-0.2, 0) is 20.1 Å². The molecule has 0 aliphatic carbocycles. The van der Waals surface area contributed by atoms with E-state index in [9.17, 15) is 5.11 Å². The van der Waals surface area contributed by atoms with Crippen molar-refractivity contribution in [2.75, 3.05) is 6.54 Å². The molecule has 0 radical (unpaired) electrons. The van der Waals surface area contributed by atoms with Crippen LogP contribution in [-0.4, -0.2) is 32.4 Å². The van der Waals surface area contributed by atoms with Gasteiger partial charge in [0, 0.05) is 25.7 Å². The van der Waals surface area contributed by atoms with Crippen LogP contribution in [0, 0.1) is 6.92 Å². The van der Waals surface area contributed by atoms with Gasteiger partial charge in [0.1, 0.15) is 17.2 Å². The fraction of sp³-hybridized carbons (Fsp3) is 0.296. The summed E-state index contributed by atoms with van der Waals surface area (Å²) in [6, 6.07) is 22.0. The van der Waals surface area contributed by atoms with Crippen LogP contribution >= 0.6 is 0 Å². The van der Waals surface area contributed by atoms with Gasteiger partial charge in [0.2, 0.25) is 5.88 Å². The van der Waals surface area contributed by atoms with Crippen LogP contribution in [0.15, 0.2) is 77.4 Å². The third-order valence-corrected chi connectivity index (χ3v) is 5.62. The minimum atomic E-state index is -0.432. The highest BCUT2D eigenvalue weighted by Gasteiger charge is 2.23. The second kappa shape index (κ2) is 10.5. The van der Waals surface area contributed by atoms with Crippen molar-refractivity contribution in [3.05, 3.63) is 89.9 Å². The van der Waals surface area contributed by atoms with Crippen LogP contribution in [0.5, 0.6) is 11.6 Å². The molecular formula is C27H31N3O3. The molecule has 0 saturated heterocycles. The lowest BCUT2D eigenvalue weighted by molar-refractivity contribution is 0.0970. The maximum atomic E-state index is 10.4. The summed E-state index contributed by atoms with van der Waals surface area (Å²) in [6.45, 7) is 5.68. The molecule has 0 spiro atoms. The molecule has 0 saturated carbocycles. The van der Waals surface area contributed by atoms with Gasteiger partial charge in [-0.25, -0.2) is 4.68 Å². The Hall–Kier alpha value is -3.35. The average molecular weight is 446 g/mol. The second-order valence-electron chi connectivity index (χ2n) is 8.35. The van der Waals surface area contributed by atoms with Crippen LogP contribution in [0.2, 0.25) is 0 Å². The summed E-state index contributed by atoms with van der Waals surface area (Å²) >= 11 is 0. The maximum absolute atomic E-state index is 10.4. The van der Waals surface area contributed by atoms with Crippen LogP contribution in [0.4, 0.5) is 0 Å². The predicted octanol–water partition coefficient (Wildman–Crippen LogP) is 5.55. The first-order valence-electron chi connectivity index (χ1n) is 11.3. The van der Waals surface area contributed by atoms with Crippen molar-refractivity contribution in [3.8, 4) is 22.9 Å². The minimum absolute atomic E-state index is 0.432. The summed E-state index contributed by atoms with van der Waals surface area (Å²) in [6.07, 6.45) is 1.92. The van der Waals surface area contributed by atoms with Gasteiger partial charge in [0.05, 0.1) is 24.5 Å². The Morgan fingerprint density at radius 3 is 2.58 bits per heavy atom. The summed E-state index contributed by atoms with van der Waals surface area (Å²) in [7, 11) is 1.90. The standard InChI is InChI=1S/C27H31N3O3/c1-4-22(31)17-30(18-24-14-9-15-32-24)19-25-26(21-11-6-5-7-12-21)28-29(3)27(25)33-23-13-8-10-20(2)16-23/h5-16,22,31H,4,17-19H2,1-3H3. The first kappa shape index (κ1) is 22.8. The monoisotopic (exact) mass is 445 g/mol. The molecule has 2 heterocycles. The summed E-state index contributed by atoms with van der Waals surface area (Å²) < 4.78 is 13.8. The van der Waals surface area contributed by atoms with E-state index < -0.39 is 6.10 Å². The number of aliphatic hydroxyl groups is 1. The van der Waals surface area contributed by atoms with E-state index in [2.05, 4.69) is 17.0 Å². The zero-order valence-corrected chi connectivity index (χ0v) is 19.4. The highest BCUT2D eigenvalue weighted by atomic mass is 16.5. The topological polar surface area (TPSA) is 63.7 Å². The lowest BCUT2D eigenvalue weighted by Gasteiger charge is -2.24. The SMILES string of the molecule is CCC(O)CN(Cc1ccco1)Cc1c(-c2ccccc2)nn(C)c1Oc1cccc(C)c1. The van der Waals surface area contributed by atoms with Crippen molar-refractivity contribution in [1.82, 2.24) is 14.7 Å². The molecule has 2 aromatic heterocycles. The van der Waals surface area contributed by atoms with Crippen molar-refractivity contribution in [2.24, 2.45) is 7.05 Å². The second-order valence-corrected chi connectivity index (χ2v) is 8.35. The van der Waals surface area contributed by atoms with Gasteiger partial charge in [0.15, 0.2) is 0 Å². The van der Waals surface area contributed by atoms with E-state index in [4.69, 9.17) is 14.3 Å². The number of rotatable bonds is 10. The molecule has 2 aromatic carbocycles. The van der Waals surface area contributed by atoms with Gasteiger partial charge in [-0.15, -0.1) is 0 Å². The molecule has 6 nitrogen and oxygen atoms in total. The van der Waals surface area contributed by atoms with Crippen LogP contribution < -0.4 is 4.74 Å². The Kier molecular flexibility index (Phi) is 7.27. The van der Waals surface area contributed by atoms with Gasteiger partial charge in [-0.1, -0.05) is 49.4 Å². The third-order valence-electron chi connectivity index (χ3n) is 5.62. The fourth-order valence-electron chi connectivity index (χ4n) is 3.90. The van der Waals surface area contributed by atoms with E-state index in [1.165, 1.54) is 0 Å². The van der Waals surface area contributed by atoms with E-state index in [-0.39, 0.29) is 0 Å². The molecular weight excluding hydrogens is 414 g/mol. The maximum Gasteiger partial charge on any atom is 0.222 e. The van der Waals surface area contributed by atoms with E-state index in [0.29, 0.717) is 31.9 Å². The van der Waals surface area contributed by atoms with Gasteiger partial charge in [-0.2, -0.15) is 5.10 Å². The number of aromatic nitrogens is 2. The number of hydrogen-bond acceptors (Lipinski definition) is 5. The predicted molar refractivity (Wildman–Crippen MR) is 129 cm³/mol. The molecule has 172 valence electrons. The minimum Gasteiger partial charge on any atom is -0.468 e. The summed E-state index contributed by atoms with van der Waals surface area (Å²) in [4.78, 5) is 2.18. The van der Waals surface area contributed by atoms with Crippen molar-refractivity contribution in [1.29, 1.82) is 0 Å². The number of furan rings is 1. The van der Waals surface area contributed by atoms with Crippen molar-refractivity contribution in [3.63, 3.8) is 0 Å². The Balaban J connectivity index is 1.73. The summed E-state index contributed by atoms with van der Waals surface area (Å²) in [5.41, 5.74) is 4.00. The molecule has 0 amide bonds. The zero-order valence-electron chi connectivity index (χ0n) is 19.4. The Bertz CT molecular complexity index is 1150. The normalized spacial score (nSPS) is 12.3. The Morgan fingerprint density at radius 1 is 1.06 bits per heavy atom. The molecule has 6 heteroatoms. The molecule has 0 aliphatic heterocycles. The number of aliphatic hydroxyl groups excluding tert-OH is 1. The van der Waals surface area contributed by atoms with Crippen LogP contribution in [0.3, 0.4) is 0 Å². The molecule has 1 atom stereocenters. The fourth-order valence-corrected chi connectivity index (χ4v) is 3.90. The smallest absolute Gasteiger partial charge is 0.222 e. The van der Waals surface area contributed by atoms with E-state index >= 15 is 0 Å². The van der Waals surface area contributed by atoms with Crippen molar-refractivity contribution < 1.29 is 14.3 Å².